The minimum absolute atomic E-state index is 0.228. The van der Waals surface area contributed by atoms with E-state index in [0.29, 0.717) is 6.42 Å². The van der Waals surface area contributed by atoms with Crippen molar-refractivity contribution in [3.63, 3.8) is 0 Å². The van der Waals surface area contributed by atoms with Gasteiger partial charge in [0.25, 0.3) is 0 Å². The molecule has 0 aromatic carbocycles. The monoisotopic (exact) mass is 395 g/mol. The molecule has 5 nitrogen and oxygen atoms in total. The Morgan fingerprint density at radius 1 is 0.893 bits per heavy atom. The Labute approximate surface area is 171 Å². The van der Waals surface area contributed by atoms with Crippen LogP contribution in [0.3, 0.4) is 0 Å². The SMILES string of the molecule is CCCCCCCC/C=C/C/C=C/CCCCC(=O)N[C@@H](CO)C(=O)OCC. The lowest BCUT2D eigenvalue weighted by atomic mass is 10.1. The van der Waals surface area contributed by atoms with E-state index in [1.807, 2.05) is 0 Å². The second-order valence-corrected chi connectivity index (χ2v) is 7.04. The van der Waals surface area contributed by atoms with Crippen LogP contribution in [0.4, 0.5) is 0 Å². The van der Waals surface area contributed by atoms with Gasteiger partial charge in [0, 0.05) is 6.42 Å². The van der Waals surface area contributed by atoms with Crippen molar-refractivity contribution in [2.45, 2.75) is 96.9 Å². The van der Waals surface area contributed by atoms with Crippen molar-refractivity contribution in [3.05, 3.63) is 24.3 Å². The van der Waals surface area contributed by atoms with E-state index in [0.717, 1.165) is 25.7 Å². The van der Waals surface area contributed by atoms with Crippen molar-refractivity contribution >= 4 is 11.9 Å². The minimum atomic E-state index is -0.963. The van der Waals surface area contributed by atoms with E-state index in [-0.39, 0.29) is 12.5 Å². The molecule has 0 fully saturated rings. The Bertz CT molecular complexity index is 446. The number of hydrogen-bond acceptors (Lipinski definition) is 4. The van der Waals surface area contributed by atoms with Crippen molar-refractivity contribution in [2.24, 2.45) is 0 Å². The fourth-order valence-electron chi connectivity index (χ4n) is 2.79. The number of rotatable bonds is 18. The highest BCUT2D eigenvalue weighted by atomic mass is 16.5. The first kappa shape index (κ1) is 26.4. The lowest BCUT2D eigenvalue weighted by Crippen LogP contribution is -2.44. The number of esters is 1. The fraction of sp³-hybridized carbons (Fsp3) is 0.739. The van der Waals surface area contributed by atoms with E-state index in [1.165, 1.54) is 44.9 Å². The van der Waals surface area contributed by atoms with E-state index in [2.05, 4.69) is 36.5 Å². The van der Waals surface area contributed by atoms with E-state index in [4.69, 9.17) is 9.84 Å². The number of aliphatic hydroxyl groups is 1. The molecule has 0 bridgehead atoms. The Hall–Kier alpha value is -1.62. The molecule has 2 N–H and O–H groups in total. The molecule has 0 spiro atoms. The molecular weight excluding hydrogens is 354 g/mol. The molecule has 5 heteroatoms. The third-order valence-corrected chi connectivity index (χ3v) is 4.44. The van der Waals surface area contributed by atoms with Crippen LogP contribution in [-0.2, 0) is 14.3 Å². The maximum atomic E-state index is 11.8. The molecule has 0 radical (unpaired) electrons. The standard InChI is InChI=1S/C23H41NO4/c1-3-5-6-7-8-9-10-11-12-13-14-15-16-17-18-19-22(26)24-21(20-25)23(27)28-4-2/h11-12,14-15,21,25H,3-10,13,16-20H2,1-2H3,(H,24,26)/b12-11+,15-14+/t21-/m0/s1. The predicted molar refractivity (Wildman–Crippen MR) is 115 cm³/mol. The number of carbonyl (C=O) groups is 2. The first-order valence-electron chi connectivity index (χ1n) is 11.0. The van der Waals surface area contributed by atoms with Crippen molar-refractivity contribution in [3.8, 4) is 0 Å². The average molecular weight is 396 g/mol. The number of hydrogen-bond donors (Lipinski definition) is 2. The molecule has 1 amide bonds. The molecule has 0 aliphatic rings. The van der Waals surface area contributed by atoms with Gasteiger partial charge in [-0.3, -0.25) is 4.79 Å². The van der Waals surface area contributed by atoms with E-state index in [1.54, 1.807) is 6.92 Å². The van der Waals surface area contributed by atoms with E-state index < -0.39 is 18.6 Å². The molecule has 0 aromatic rings. The number of allylic oxidation sites excluding steroid dienone is 4. The summed E-state index contributed by atoms with van der Waals surface area (Å²) in [7, 11) is 0. The zero-order valence-electron chi connectivity index (χ0n) is 18.0. The number of unbranched alkanes of at least 4 members (excludes halogenated alkanes) is 8. The van der Waals surface area contributed by atoms with Gasteiger partial charge < -0.3 is 15.2 Å². The molecule has 0 aromatic heterocycles. The van der Waals surface area contributed by atoms with Crippen LogP contribution >= 0.6 is 0 Å². The van der Waals surface area contributed by atoms with Crippen LogP contribution in [-0.4, -0.2) is 36.2 Å². The summed E-state index contributed by atoms with van der Waals surface area (Å²) in [6, 6.07) is -0.963. The summed E-state index contributed by atoms with van der Waals surface area (Å²) >= 11 is 0. The summed E-state index contributed by atoms with van der Waals surface area (Å²) in [6.07, 6.45) is 22.0. The summed E-state index contributed by atoms with van der Waals surface area (Å²) in [5, 5.41) is 11.7. The summed E-state index contributed by atoms with van der Waals surface area (Å²) in [5.74, 6) is -0.820. The molecule has 0 rings (SSSR count). The normalized spacial score (nSPS) is 12.5. The second-order valence-electron chi connectivity index (χ2n) is 7.04. The molecular formula is C23H41NO4. The van der Waals surface area contributed by atoms with Gasteiger partial charge in [-0.15, -0.1) is 0 Å². The second kappa shape index (κ2) is 20.1. The number of nitrogens with one attached hydrogen (secondary N) is 1. The summed E-state index contributed by atoms with van der Waals surface area (Å²) in [6.45, 7) is 3.72. The number of ether oxygens (including phenoxy) is 1. The zero-order chi connectivity index (χ0) is 20.9. The average Bonchev–Trinajstić information content (AvgIpc) is 2.69. The van der Waals surface area contributed by atoms with Crippen LogP contribution in [0, 0.1) is 0 Å². The predicted octanol–water partition coefficient (Wildman–Crippen LogP) is 4.84. The van der Waals surface area contributed by atoms with Crippen LogP contribution in [0.5, 0.6) is 0 Å². The maximum Gasteiger partial charge on any atom is 0.331 e. The van der Waals surface area contributed by atoms with Gasteiger partial charge in [-0.2, -0.15) is 0 Å². The lowest BCUT2D eigenvalue weighted by molar-refractivity contribution is -0.148. The largest absolute Gasteiger partial charge is 0.464 e. The highest BCUT2D eigenvalue weighted by Crippen LogP contribution is 2.07. The van der Waals surface area contributed by atoms with Gasteiger partial charge in [-0.05, 0) is 45.4 Å². The molecule has 28 heavy (non-hydrogen) atoms. The number of aliphatic hydroxyl groups excluding tert-OH is 1. The molecule has 0 saturated heterocycles. The third kappa shape index (κ3) is 16.5. The minimum Gasteiger partial charge on any atom is -0.464 e. The third-order valence-electron chi connectivity index (χ3n) is 4.44. The number of amides is 1. The van der Waals surface area contributed by atoms with E-state index >= 15 is 0 Å². The fourth-order valence-corrected chi connectivity index (χ4v) is 2.79. The zero-order valence-corrected chi connectivity index (χ0v) is 18.0. The van der Waals surface area contributed by atoms with Crippen LogP contribution < -0.4 is 5.32 Å². The highest BCUT2D eigenvalue weighted by Gasteiger charge is 2.20. The van der Waals surface area contributed by atoms with Crippen molar-refractivity contribution < 1.29 is 19.4 Å². The molecule has 0 aliphatic heterocycles. The van der Waals surface area contributed by atoms with Gasteiger partial charge in [0.05, 0.1) is 13.2 Å². The van der Waals surface area contributed by atoms with Gasteiger partial charge in [0.2, 0.25) is 5.91 Å². The van der Waals surface area contributed by atoms with Crippen molar-refractivity contribution in [1.29, 1.82) is 0 Å². The molecule has 0 aliphatic carbocycles. The summed E-state index contributed by atoms with van der Waals surface area (Å²) < 4.78 is 4.80. The topological polar surface area (TPSA) is 75.6 Å². The first-order chi connectivity index (χ1) is 13.7. The quantitative estimate of drug-likeness (QED) is 0.198. The highest BCUT2D eigenvalue weighted by molar-refractivity contribution is 5.84. The van der Waals surface area contributed by atoms with Crippen LogP contribution in [0.2, 0.25) is 0 Å². The molecule has 0 unspecified atom stereocenters. The van der Waals surface area contributed by atoms with Gasteiger partial charge in [-0.25, -0.2) is 4.79 Å². The summed E-state index contributed by atoms with van der Waals surface area (Å²) in [5.41, 5.74) is 0. The Morgan fingerprint density at radius 3 is 2.11 bits per heavy atom. The smallest absolute Gasteiger partial charge is 0.331 e. The summed E-state index contributed by atoms with van der Waals surface area (Å²) in [4.78, 5) is 23.3. The van der Waals surface area contributed by atoms with Crippen molar-refractivity contribution in [1.82, 2.24) is 5.32 Å². The lowest BCUT2D eigenvalue weighted by Gasteiger charge is -2.14. The van der Waals surface area contributed by atoms with Crippen LogP contribution in [0.25, 0.3) is 0 Å². The maximum absolute atomic E-state index is 11.8. The molecule has 0 saturated carbocycles. The Kier molecular flexibility index (Phi) is 19.0. The van der Waals surface area contributed by atoms with Gasteiger partial charge in [0.1, 0.15) is 0 Å². The van der Waals surface area contributed by atoms with Crippen LogP contribution in [0.15, 0.2) is 24.3 Å². The van der Waals surface area contributed by atoms with Gasteiger partial charge in [-0.1, -0.05) is 63.3 Å². The molecule has 1 atom stereocenters. The Balaban J connectivity index is 3.59. The molecule has 0 heterocycles. The van der Waals surface area contributed by atoms with Crippen molar-refractivity contribution in [2.75, 3.05) is 13.2 Å². The van der Waals surface area contributed by atoms with Gasteiger partial charge >= 0.3 is 5.97 Å². The van der Waals surface area contributed by atoms with Crippen LogP contribution in [0.1, 0.15) is 90.9 Å². The Morgan fingerprint density at radius 2 is 1.50 bits per heavy atom. The number of carbonyl (C=O) groups excluding carboxylic acids is 2. The molecule has 162 valence electrons. The van der Waals surface area contributed by atoms with E-state index in [9.17, 15) is 9.59 Å². The first-order valence-corrected chi connectivity index (χ1v) is 11.0. The van der Waals surface area contributed by atoms with Gasteiger partial charge in [0.15, 0.2) is 6.04 Å².